The molecule has 1 fully saturated rings. The van der Waals surface area contributed by atoms with E-state index in [1.807, 2.05) is 0 Å². The van der Waals surface area contributed by atoms with Crippen LogP contribution in [0, 0.1) is 0 Å². The zero-order chi connectivity index (χ0) is 15.0. The molecule has 0 spiro atoms. The number of nitrogens with two attached hydrogens (primary N) is 1. The van der Waals surface area contributed by atoms with Gasteiger partial charge in [0, 0.05) is 6.04 Å². The first-order valence-electron chi connectivity index (χ1n) is 8.18. The average molecular weight is 284 g/mol. The Morgan fingerprint density at radius 2 is 1.90 bits per heavy atom. The lowest BCUT2D eigenvalue weighted by atomic mass is 9.79. The molecule has 4 heteroatoms. The molecule has 0 aliphatic heterocycles. The molecule has 1 aliphatic rings. The third-order valence-corrected chi connectivity index (χ3v) is 4.47. The monoisotopic (exact) mass is 284 g/mol. The number of methoxy groups -OCH3 is 1. The number of carbonyl (C=O) groups is 1. The van der Waals surface area contributed by atoms with E-state index in [1.54, 1.807) is 0 Å². The summed E-state index contributed by atoms with van der Waals surface area (Å²) in [5, 5.41) is 0. The lowest BCUT2D eigenvalue weighted by Gasteiger charge is -2.41. The molecule has 0 aromatic rings. The number of rotatable bonds is 8. The van der Waals surface area contributed by atoms with Gasteiger partial charge in [0.1, 0.15) is 5.54 Å². The largest absolute Gasteiger partial charge is 0.468 e. The molecule has 1 rings (SSSR count). The van der Waals surface area contributed by atoms with Gasteiger partial charge in [-0.3, -0.25) is 4.79 Å². The molecule has 0 amide bonds. The van der Waals surface area contributed by atoms with Crippen molar-refractivity contribution in [2.45, 2.75) is 76.8 Å². The molecular weight excluding hydrogens is 252 g/mol. The SMILES string of the molecule is CCCCN(CCCC)C1CCCC(N)(C(=O)OC)C1. The van der Waals surface area contributed by atoms with Crippen LogP contribution in [-0.2, 0) is 9.53 Å². The maximum Gasteiger partial charge on any atom is 0.325 e. The van der Waals surface area contributed by atoms with Gasteiger partial charge in [-0.15, -0.1) is 0 Å². The van der Waals surface area contributed by atoms with Gasteiger partial charge in [-0.05, 0) is 51.6 Å². The number of hydrogen-bond acceptors (Lipinski definition) is 4. The highest BCUT2D eigenvalue weighted by Crippen LogP contribution is 2.30. The Hall–Kier alpha value is -0.610. The molecular formula is C16H32N2O2. The van der Waals surface area contributed by atoms with Crippen LogP contribution in [0.2, 0.25) is 0 Å². The second kappa shape index (κ2) is 8.63. The van der Waals surface area contributed by atoms with Crippen LogP contribution >= 0.6 is 0 Å². The molecule has 20 heavy (non-hydrogen) atoms. The number of unbranched alkanes of at least 4 members (excludes halogenated alkanes) is 2. The normalized spacial score (nSPS) is 26.8. The Morgan fingerprint density at radius 1 is 1.30 bits per heavy atom. The third kappa shape index (κ3) is 4.74. The van der Waals surface area contributed by atoms with Crippen molar-refractivity contribution in [3.8, 4) is 0 Å². The highest BCUT2D eigenvalue weighted by atomic mass is 16.5. The molecule has 0 bridgehead atoms. The van der Waals surface area contributed by atoms with E-state index in [1.165, 1.54) is 32.8 Å². The predicted octanol–water partition coefficient (Wildman–Crippen LogP) is 2.70. The van der Waals surface area contributed by atoms with E-state index in [0.717, 1.165) is 38.8 Å². The molecule has 0 heterocycles. The Balaban J connectivity index is 2.66. The van der Waals surface area contributed by atoms with Gasteiger partial charge in [0.25, 0.3) is 0 Å². The summed E-state index contributed by atoms with van der Waals surface area (Å²) in [7, 11) is 1.44. The Labute approximate surface area is 124 Å². The van der Waals surface area contributed by atoms with Crippen LogP contribution in [0.1, 0.15) is 65.2 Å². The van der Waals surface area contributed by atoms with Crippen LogP contribution in [0.4, 0.5) is 0 Å². The Kier molecular flexibility index (Phi) is 7.52. The van der Waals surface area contributed by atoms with Gasteiger partial charge in [-0.25, -0.2) is 0 Å². The van der Waals surface area contributed by atoms with Crippen LogP contribution in [0.5, 0.6) is 0 Å². The summed E-state index contributed by atoms with van der Waals surface area (Å²) in [4.78, 5) is 14.5. The highest BCUT2D eigenvalue weighted by Gasteiger charge is 2.41. The number of carbonyl (C=O) groups excluding carboxylic acids is 1. The van der Waals surface area contributed by atoms with Crippen molar-refractivity contribution >= 4 is 5.97 Å². The maximum atomic E-state index is 11.9. The standard InChI is InChI=1S/C16H32N2O2/c1-4-6-11-18(12-7-5-2)14-9-8-10-16(17,13-14)15(19)20-3/h14H,4-13,17H2,1-3H3. The first-order valence-corrected chi connectivity index (χ1v) is 8.18. The summed E-state index contributed by atoms with van der Waals surface area (Å²) in [5.74, 6) is -0.242. The van der Waals surface area contributed by atoms with Crippen LogP contribution in [0.25, 0.3) is 0 Å². The van der Waals surface area contributed by atoms with Crippen molar-refractivity contribution in [3.63, 3.8) is 0 Å². The van der Waals surface area contributed by atoms with Crippen LogP contribution < -0.4 is 5.73 Å². The highest BCUT2D eigenvalue weighted by molar-refractivity contribution is 5.80. The molecule has 1 aliphatic carbocycles. The van der Waals surface area contributed by atoms with Crippen LogP contribution in [0.15, 0.2) is 0 Å². The van der Waals surface area contributed by atoms with E-state index in [4.69, 9.17) is 10.5 Å². The summed E-state index contributed by atoms with van der Waals surface area (Å²) in [6.45, 7) is 6.69. The second-order valence-electron chi connectivity index (χ2n) is 6.14. The van der Waals surface area contributed by atoms with Crippen LogP contribution in [-0.4, -0.2) is 42.6 Å². The zero-order valence-corrected chi connectivity index (χ0v) is 13.5. The number of ether oxygens (including phenoxy) is 1. The second-order valence-corrected chi connectivity index (χ2v) is 6.14. The summed E-state index contributed by atoms with van der Waals surface area (Å²) in [6.07, 6.45) is 8.53. The van der Waals surface area contributed by atoms with Gasteiger partial charge in [-0.2, -0.15) is 0 Å². The molecule has 0 radical (unpaired) electrons. The van der Waals surface area contributed by atoms with Crippen LogP contribution in [0.3, 0.4) is 0 Å². The van der Waals surface area contributed by atoms with E-state index in [0.29, 0.717) is 6.04 Å². The quantitative estimate of drug-likeness (QED) is 0.696. The third-order valence-electron chi connectivity index (χ3n) is 4.47. The molecule has 0 aromatic carbocycles. The van der Waals surface area contributed by atoms with Gasteiger partial charge in [0.2, 0.25) is 0 Å². The molecule has 2 N–H and O–H groups in total. The average Bonchev–Trinajstić information content (AvgIpc) is 2.46. The van der Waals surface area contributed by atoms with Gasteiger partial charge < -0.3 is 15.4 Å². The Morgan fingerprint density at radius 3 is 2.40 bits per heavy atom. The van der Waals surface area contributed by atoms with Crippen molar-refractivity contribution in [3.05, 3.63) is 0 Å². The molecule has 4 nitrogen and oxygen atoms in total. The smallest absolute Gasteiger partial charge is 0.325 e. The van der Waals surface area contributed by atoms with Crippen molar-refractivity contribution in [1.29, 1.82) is 0 Å². The van der Waals surface area contributed by atoms with E-state index in [9.17, 15) is 4.79 Å². The topological polar surface area (TPSA) is 55.6 Å². The van der Waals surface area contributed by atoms with Gasteiger partial charge in [0.15, 0.2) is 0 Å². The van der Waals surface area contributed by atoms with Gasteiger partial charge in [-0.1, -0.05) is 26.7 Å². The van der Waals surface area contributed by atoms with Crippen molar-refractivity contribution < 1.29 is 9.53 Å². The summed E-state index contributed by atoms with van der Waals surface area (Å²) >= 11 is 0. The molecule has 2 atom stereocenters. The van der Waals surface area contributed by atoms with E-state index >= 15 is 0 Å². The molecule has 0 aromatic heterocycles. The first kappa shape index (κ1) is 17.4. The first-order chi connectivity index (χ1) is 9.57. The minimum absolute atomic E-state index is 0.242. The summed E-state index contributed by atoms with van der Waals surface area (Å²) in [5.41, 5.74) is 5.53. The fourth-order valence-electron chi connectivity index (χ4n) is 3.18. The fourth-order valence-corrected chi connectivity index (χ4v) is 3.18. The van der Waals surface area contributed by atoms with Crippen molar-refractivity contribution in [1.82, 2.24) is 4.90 Å². The minimum Gasteiger partial charge on any atom is -0.468 e. The number of hydrogen-bond donors (Lipinski definition) is 1. The maximum absolute atomic E-state index is 11.9. The van der Waals surface area contributed by atoms with E-state index < -0.39 is 5.54 Å². The Bertz CT molecular complexity index is 288. The van der Waals surface area contributed by atoms with E-state index in [-0.39, 0.29) is 5.97 Å². The van der Waals surface area contributed by atoms with Gasteiger partial charge >= 0.3 is 5.97 Å². The molecule has 0 saturated heterocycles. The minimum atomic E-state index is -0.769. The zero-order valence-electron chi connectivity index (χ0n) is 13.5. The summed E-state index contributed by atoms with van der Waals surface area (Å²) in [6, 6.07) is 0.436. The fraction of sp³-hybridized carbons (Fsp3) is 0.938. The molecule has 1 saturated carbocycles. The lowest BCUT2D eigenvalue weighted by Crippen LogP contribution is -2.56. The van der Waals surface area contributed by atoms with Gasteiger partial charge in [0.05, 0.1) is 7.11 Å². The molecule has 2 unspecified atom stereocenters. The summed E-state index contributed by atoms with van der Waals surface area (Å²) < 4.78 is 4.90. The van der Waals surface area contributed by atoms with E-state index in [2.05, 4.69) is 18.7 Å². The lowest BCUT2D eigenvalue weighted by molar-refractivity contribution is -0.149. The number of esters is 1. The molecule has 118 valence electrons. The van der Waals surface area contributed by atoms with Crippen molar-refractivity contribution in [2.75, 3.05) is 20.2 Å². The predicted molar refractivity (Wildman–Crippen MR) is 82.6 cm³/mol. The number of nitrogens with zero attached hydrogens (tertiary/aromatic N) is 1. The van der Waals surface area contributed by atoms with Crippen molar-refractivity contribution in [2.24, 2.45) is 5.73 Å².